The summed E-state index contributed by atoms with van der Waals surface area (Å²) in [6.07, 6.45) is 1.80. The number of hydrogen-bond acceptors (Lipinski definition) is 4. The van der Waals surface area contributed by atoms with E-state index in [9.17, 15) is 4.79 Å². The number of carbonyl (C=O) groups excluding carboxylic acids is 1. The van der Waals surface area contributed by atoms with Gasteiger partial charge in [-0.05, 0) is 54.8 Å². The third-order valence-corrected chi connectivity index (χ3v) is 6.15. The van der Waals surface area contributed by atoms with E-state index in [1.807, 2.05) is 37.3 Å². The molecule has 0 fully saturated rings. The van der Waals surface area contributed by atoms with Crippen molar-refractivity contribution in [3.63, 3.8) is 0 Å². The molecule has 31 heavy (non-hydrogen) atoms. The van der Waals surface area contributed by atoms with E-state index in [-0.39, 0.29) is 5.78 Å². The predicted octanol–water partition coefficient (Wildman–Crippen LogP) is 6.03. The second kappa shape index (κ2) is 7.98. The van der Waals surface area contributed by atoms with Crippen LogP contribution in [-0.2, 0) is 13.1 Å². The Labute approximate surface area is 190 Å². The van der Waals surface area contributed by atoms with Gasteiger partial charge < -0.3 is 9.47 Å². The number of halogens is 1. The summed E-state index contributed by atoms with van der Waals surface area (Å²) in [6, 6.07) is 18.3. The Kier molecular flexibility index (Phi) is 5.16. The maximum Gasteiger partial charge on any atom is 0.232 e. The van der Waals surface area contributed by atoms with Crippen LogP contribution in [0.2, 0.25) is 0 Å². The molecule has 0 saturated heterocycles. The minimum absolute atomic E-state index is 0.0778. The molecule has 5 rings (SSSR count). The number of aryl methyl sites for hydroxylation is 2. The average Bonchev–Trinajstić information content (AvgIpc) is 3.07. The topological polar surface area (TPSA) is 38.8 Å². The number of Topliss-reactive ketones (excluding diaryl/α,β-unsaturated/α-hetero) is 1. The van der Waals surface area contributed by atoms with Gasteiger partial charge in [-0.2, -0.15) is 0 Å². The standard InChI is InChI=1S/C26H22BrNO3/c1-16-6-8-18(9-7-16)13-28-14-21-22(30-15-28)10-17(2)24-25(29)23(31-26(21)24)12-19-4-3-5-20(27)11-19/h3-12H,13-15H2,1-2H3/b23-12-. The summed E-state index contributed by atoms with van der Waals surface area (Å²) in [7, 11) is 0. The molecule has 5 heteroatoms. The summed E-state index contributed by atoms with van der Waals surface area (Å²) in [5.41, 5.74) is 5.84. The molecule has 2 aliphatic heterocycles. The van der Waals surface area contributed by atoms with Gasteiger partial charge in [-0.3, -0.25) is 9.69 Å². The summed E-state index contributed by atoms with van der Waals surface area (Å²) in [5.74, 6) is 1.70. The molecule has 0 unspecified atom stereocenters. The van der Waals surface area contributed by atoms with E-state index in [4.69, 9.17) is 9.47 Å². The van der Waals surface area contributed by atoms with Gasteiger partial charge in [0.05, 0.1) is 11.1 Å². The number of fused-ring (bicyclic) bond motifs is 3. The van der Waals surface area contributed by atoms with Crippen LogP contribution in [-0.4, -0.2) is 17.4 Å². The van der Waals surface area contributed by atoms with Crippen molar-refractivity contribution in [2.75, 3.05) is 6.73 Å². The van der Waals surface area contributed by atoms with Gasteiger partial charge in [0.25, 0.3) is 0 Å². The predicted molar refractivity (Wildman–Crippen MR) is 124 cm³/mol. The molecule has 0 bridgehead atoms. The lowest BCUT2D eigenvalue weighted by Gasteiger charge is -2.30. The van der Waals surface area contributed by atoms with Gasteiger partial charge >= 0.3 is 0 Å². The highest BCUT2D eigenvalue weighted by Gasteiger charge is 2.35. The lowest BCUT2D eigenvalue weighted by atomic mass is 9.98. The van der Waals surface area contributed by atoms with Crippen LogP contribution >= 0.6 is 15.9 Å². The van der Waals surface area contributed by atoms with Crippen LogP contribution in [0.5, 0.6) is 11.5 Å². The second-order valence-electron chi connectivity index (χ2n) is 8.12. The fourth-order valence-electron chi connectivity index (χ4n) is 4.08. The number of benzene rings is 3. The molecule has 0 radical (unpaired) electrons. The van der Waals surface area contributed by atoms with Crippen LogP contribution in [0.3, 0.4) is 0 Å². The molecule has 156 valence electrons. The molecule has 0 N–H and O–H groups in total. The highest BCUT2D eigenvalue weighted by molar-refractivity contribution is 9.10. The minimum atomic E-state index is -0.0778. The molecule has 3 aromatic rings. The molecular formula is C26H22BrNO3. The van der Waals surface area contributed by atoms with Gasteiger partial charge in [0.1, 0.15) is 18.2 Å². The first kappa shape index (κ1) is 20.0. The van der Waals surface area contributed by atoms with Crippen molar-refractivity contribution in [2.24, 2.45) is 0 Å². The van der Waals surface area contributed by atoms with Crippen molar-refractivity contribution in [1.29, 1.82) is 0 Å². The summed E-state index contributed by atoms with van der Waals surface area (Å²) in [6.45, 7) is 5.97. The quantitative estimate of drug-likeness (QED) is 0.433. The van der Waals surface area contributed by atoms with E-state index in [1.54, 1.807) is 6.08 Å². The van der Waals surface area contributed by atoms with Crippen LogP contribution in [0, 0.1) is 13.8 Å². The molecule has 0 saturated carbocycles. The lowest BCUT2D eigenvalue weighted by Crippen LogP contribution is -2.31. The minimum Gasteiger partial charge on any atom is -0.478 e. The van der Waals surface area contributed by atoms with Crippen LogP contribution < -0.4 is 9.47 Å². The van der Waals surface area contributed by atoms with Gasteiger partial charge in [-0.25, -0.2) is 0 Å². The van der Waals surface area contributed by atoms with E-state index in [2.05, 4.69) is 52.0 Å². The largest absolute Gasteiger partial charge is 0.478 e. The molecule has 2 aliphatic rings. The second-order valence-corrected chi connectivity index (χ2v) is 9.03. The average molecular weight is 476 g/mol. The van der Waals surface area contributed by atoms with Crippen LogP contribution in [0.1, 0.15) is 38.2 Å². The fraction of sp³-hybridized carbons (Fsp3) is 0.192. The van der Waals surface area contributed by atoms with Crippen LogP contribution in [0.25, 0.3) is 6.08 Å². The Hall–Kier alpha value is -2.89. The number of ketones is 1. The monoisotopic (exact) mass is 475 g/mol. The molecule has 4 nitrogen and oxygen atoms in total. The summed E-state index contributed by atoms with van der Waals surface area (Å²) in [5, 5.41) is 0. The summed E-state index contributed by atoms with van der Waals surface area (Å²) >= 11 is 3.48. The number of carbonyl (C=O) groups is 1. The van der Waals surface area contributed by atoms with E-state index in [0.717, 1.165) is 33.5 Å². The van der Waals surface area contributed by atoms with E-state index in [1.165, 1.54) is 11.1 Å². The molecule has 0 spiro atoms. The van der Waals surface area contributed by atoms with Gasteiger partial charge in [0, 0.05) is 17.6 Å². The van der Waals surface area contributed by atoms with Gasteiger partial charge in [0.2, 0.25) is 5.78 Å². The summed E-state index contributed by atoms with van der Waals surface area (Å²) < 4.78 is 13.2. The normalized spacial score (nSPS) is 16.6. The zero-order chi connectivity index (χ0) is 21.5. The number of ether oxygens (including phenoxy) is 2. The third-order valence-electron chi connectivity index (χ3n) is 5.66. The smallest absolute Gasteiger partial charge is 0.232 e. The maximum atomic E-state index is 13.1. The Morgan fingerprint density at radius 2 is 1.90 bits per heavy atom. The van der Waals surface area contributed by atoms with Crippen molar-refractivity contribution in [1.82, 2.24) is 4.90 Å². The van der Waals surface area contributed by atoms with Crippen molar-refractivity contribution in [3.8, 4) is 11.5 Å². The Balaban J connectivity index is 1.46. The number of rotatable bonds is 3. The van der Waals surface area contributed by atoms with E-state index in [0.29, 0.717) is 30.3 Å². The van der Waals surface area contributed by atoms with Gasteiger partial charge in [0.15, 0.2) is 5.76 Å². The first-order valence-corrected chi connectivity index (χ1v) is 11.0. The van der Waals surface area contributed by atoms with Crippen molar-refractivity contribution >= 4 is 27.8 Å². The van der Waals surface area contributed by atoms with E-state index >= 15 is 0 Å². The number of allylic oxidation sites excluding steroid dienone is 1. The van der Waals surface area contributed by atoms with E-state index < -0.39 is 0 Å². The first-order valence-electron chi connectivity index (χ1n) is 10.2. The van der Waals surface area contributed by atoms with Crippen LogP contribution in [0.15, 0.2) is 64.8 Å². The molecule has 2 heterocycles. The first-order chi connectivity index (χ1) is 15.0. The number of hydrogen-bond donors (Lipinski definition) is 0. The highest BCUT2D eigenvalue weighted by atomic mass is 79.9. The Morgan fingerprint density at radius 3 is 2.68 bits per heavy atom. The molecule has 0 aliphatic carbocycles. The zero-order valence-corrected chi connectivity index (χ0v) is 19.0. The fourth-order valence-corrected chi connectivity index (χ4v) is 4.49. The Morgan fingerprint density at radius 1 is 1.10 bits per heavy atom. The highest BCUT2D eigenvalue weighted by Crippen LogP contribution is 2.44. The molecule has 0 atom stereocenters. The molecular weight excluding hydrogens is 454 g/mol. The summed E-state index contributed by atoms with van der Waals surface area (Å²) in [4.78, 5) is 15.4. The third kappa shape index (κ3) is 3.91. The van der Waals surface area contributed by atoms with Crippen molar-refractivity contribution in [2.45, 2.75) is 26.9 Å². The zero-order valence-electron chi connectivity index (χ0n) is 17.4. The Bertz CT molecular complexity index is 1210. The molecule has 0 amide bonds. The van der Waals surface area contributed by atoms with Crippen molar-refractivity contribution in [3.05, 3.63) is 98.2 Å². The van der Waals surface area contributed by atoms with Gasteiger partial charge in [-0.15, -0.1) is 0 Å². The van der Waals surface area contributed by atoms with Gasteiger partial charge in [-0.1, -0.05) is 57.9 Å². The van der Waals surface area contributed by atoms with Crippen molar-refractivity contribution < 1.29 is 14.3 Å². The lowest BCUT2D eigenvalue weighted by molar-refractivity contribution is 0.0872. The molecule has 0 aromatic heterocycles. The van der Waals surface area contributed by atoms with Crippen LogP contribution in [0.4, 0.5) is 0 Å². The number of nitrogens with zero attached hydrogens (tertiary/aromatic N) is 1. The maximum absolute atomic E-state index is 13.1. The molecule has 3 aromatic carbocycles. The SMILES string of the molecule is Cc1ccc(CN2COc3cc(C)c4c(c3C2)O/C(=C\c2cccc(Br)c2)C4=O)cc1.